The SMILES string of the molecule is C=C(C)CC1CCC(Br)C[C@H]1OCCC. The van der Waals surface area contributed by atoms with Crippen LogP contribution in [0.15, 0.2) is 12.2 Å². The van der Waals surface area contributed by atoms with Crippen molar-refractivity contribution in [2.45, 2.75) is 56.9 Å². The molecule has 0 radical (unpaired) electrons. The van der Waals surface area contributed by atoms with Gasteiger partial charge in [0, 0.05) is 11.4 Å². The summed E-state index contributed by atoms with van der Waals surface area (Å²) in [5, 5.41) is 0. The lowest BCUT2D eigenvalue weighted by Crippen LogP contribution is -2.32. The van der Waals surface area contributed by atoms with Crippen LogP contribution in [0.2, 0.25) is 0 Å². The summed E-state index contributed by atoms with van der Waals surface area (Å²) in [7, 11) is 0. The number of allylic oxidation sites excluding steroid dienone is 1. The molecule has 1 saturated carbocycles. The monoisotopic (exact) mass is 274 g/mol. The first-order valence-corrected chi connectivity index (χ1v) is 6.95. The molecule has 1 nitrogen and oxygen atoms in total. The molecule has 0 amide bonds. The first-order chi connectivity index (χ1) is 7.13. The van der Waals surface area contributed by atoms with Crippen molar-refractivity contribution >= 4 is 15.9 Å². The largest absolute Gasteiger partial charge is 0.378 e. The summed E-state index contributed by atoms with van der Waals surface area (Å²) >= 11 is 3.71. The fourth-order valence-corrected chi connectivity index (χ4v) is 2.93. The van der Waals surface area contributed by atoms with Gasteiger partial charge in [-0.25, -0.2) is 0 Å². The van der Waals surface area contributed by atoms with Crippen LogP contribution in [0.4, 0.5) is 0 Å². The van der Waals surface area contributed by atoms with Gasteiger partial charge in [-0.15, -0.1) is 6.58 Å². The van der Waals surface area contributed by atoms with E-state index in [0.717, 1.165) is 25.9 Å². The first kappa shape index (κ1) is 13.2. The molecule has 2 unspecified atom stereocenters. The smallest absolute Gasteiger partial charge is 0.0617 e. The van der Waals surface area contributed by atoms with Crippen LogP contribution < -0.4 is 0 Å². The molecule has 0 spiro atoms. The standard InChI is InChI=1S/C13H23BrO/c1-4-7-15-13-9-12(14)6-5-11(13)8-10(2)3/h11-13H,2,4-9H2,1,3H3/t11?,12?,13-/m1/s1. The predicted molar refractivity (Wildman–Crippen MR) is 69.5 cm³/mol. The molecule has 88 valence electrons. The van der Waals surface area contributed by atoms with Crippen LogP contribution in [0.3, 0.4) is 0 Å². The lowest BCUT2D eigenvalue weighted by Gasteiger charge is -2.34. The fourth-order valence-electron chi connectivity index (χ4n) is 2.30. The zero-order valence-electron chi connectivity index (χ0n) is 9.97. The molecule has 1 aliphatic rings. The highest BCUT2D eigenvalue weighted by atomic mass is 79.9. The Morgan fingerprint density at radius 1 is 1.47 bits per heavy atom. The van der Waals surface area contributed by atoms with Crippen molar-refractivity contribution in [1.82, 2.24) is 0 Å². The summed E-state index contributed by atoms with van der Waals surface area (Å²) < 4.78 is 5.94. The molecule has 0 aliphatic heterocycles. The third kappa shape index (κ3) is 4.69. The van der Waals surface area contributed by atoms with Crippen molar-refractivity contribution < 1.29 is 4.74 Å². The van der Waals surface area contributed by atoms with Crippen LogP contribution in [0.1, 0.15) is 46.0 Å². The molecule has 0 heterocycles. The first-order valence-electron chi connectivity index (χ1n) is 6.03. The van der Waals surface area contributed by atoms with E-state index in [1.165, 1.54) is 18.4 Å². The lowest BCUT2D eigenvalue weighted by molar-refractivity contribution is -0.00801. The molecule has 0 bridgehead atoms. The summed E-state index contributed by atoms with van der Waals surface area (Å²) in [5.41, 5.74) is 1.29. The zero-order valence-corrected chi connectivity index (χ0v) is 11.6. The Hall–Kier alpha value is 0.180. The molecule has 0 aromatic heterocycles. The molecule has 0 aromatic rings. The molecule has 2 heteroatoms. The molecule has 0 saturated heterocycles. The Labute approximate surface area is 102 Å². The second kappa shape index (κ2) is 6.70. The van der Waals surface area contributed by atoms with Crippen LogP contribution in [-0.2, 0) is 4.74 Å². The minimum absolute atomic E-state index is 0.444. The maximum absolute atomic E-state index is 5.94. The molecule has 0 aromatic carbocycles. The van der Waals surface area contributed by atoms with Crippen LogP contribution >= 0.6 is 15.9 Å². The Balaban J connectivity index is 2.45. The van der Waals surface area contributed by atoms with Crippen molar-refractivity contribution in [3.63, 3.8) is 0 Å². The van der Waals surface area contributed by atoms with Gasteiger partial charge in [0.1, 0.15) is 0 Å². The Kier molecular flexibility index (Phi) is 5.91. The molecule has 0 N–H and O–H groups in total. The highest BCUT2D eigenvalue weighted by Crippen LogP contribution is 2.34. The van der Waals surface area contributed by atoms with E-state index in [1.807, 2.05) is 0 Å². The number of hydrogen-bond donors (Lipinski definition) is 0. The van der Waals surface area contributed by atoms with Gasteiger partial charge in [0.2, 0.25) is 0 Å². The third-order valence-electron chi connectivity index (χ3n) is 3.01. The summed E-state index contributed by atoms with van der Waals surface area (Å²) in [4.78, 5) is 0.653. The number of halogens is 1. The van der Waals surface area contributed by atoms with E-state index in [-0.39, 0.29) is 0 Å². The van der Waals surface area contributed by atoms with Gasteiger partial charge in [0.15, 0.2) is 0 Å². The zero-order chi connectivity index (χ0) is 11.3. The van der Waals surface area contributed by atoms with Crippen molar-refractivity contribution in [2.75, 3.05) is 6.61 Å². The molecular formula is C13H23BrO. The van der Waals surface area contributed by atoms with Gasteiger partial charge in [-0.05, 0) is 44.9 Å². The summed E-state index contributed by atoms with van der Waals surface area (Å²) in [6.45, 7) is 9.21. The maximum Gasteiger partial charge on any atom is 0.0617 e. The van der Waals surface area contributed by atoms with E-state index >= 15 is 0 Å². The minimum Gasteiger partial charge on any atom is -0.378 e. The maximum atomic E-state index is 5.94. The Morgan fingerprint density at radius 2 is 2.20 bits per heavy atom. The number of ether oxygens (including phenoxy) is 1. The van der Waals surface area contributed by atoms with Gasteiger partial charge in [-0.1, -0.05) is 28.4 Å². The molecule has 15 heavy (non-hydrogen) atoms. The summed E-state index contributed by atoms with van der Waals surface area (Å²) in [5.74, 6) is 0.697. The van der Waals surface area contributed by atoms with Gasteiger partial charge in [0.25, 0.3) is 0 Å². The minimum atomic E-state index is 0.444. The molecule has 1 fully saturated rings. The van der Waals surface area contributed by atoms with E-state index < -0.39 is 0 Å². The van der Waals surface area contributed by atoms with Crippen LogP contribution in [0, 0.1) is 5.92 Å². The van der Waals surface area contributed by atoms with Crippen molar-refractivity contribution in [2.24, 2.45) is 5.92 Å². The van der Waals surface area contributed by atoms with Gasteiger partial charge in [0.05, 0.1) is 6.10 Å². The van der Waals surface area contributed by atoms with E-state index in [9.17, 15) is 0 Å². The predicted octanol–water partition coefficient (Wildman–Crippen LogP) is 4.31. The highest BCUT2D eigenvalue weighted by Gasteiger charge is 2.29. The van der Waals surface area contributed by atoms with E-state index in [0.29, 0.717) is 16.8 Å². The quantitative estimate of drug-likeness (QED) is 0.536. The van der Waals surface area contributed by atoms with Gasteiger partial charge in [-0.3, -0.25) is 0 Å². The van der Waals surface area contributed by atoms with Crippen LogP contribution in [0.5, 0.6) is 0 Å². The van der Waals surface area contributed by atoms with Crippen molar-refractivity contribution in [3.8, 4) is 0 Å². The molecule has 1 aliphatic carbocycles. The average Bonchev–Trinajstić information content (AvgIpc) is 2.18. The van der Waals surface area contributed by atoms with Crippen LogP contribution in [0.25, 0.3) is 0 Å². The molecular weight excluding hydrogens is 252 g/mol. The molecule has 1 rings (SSSR count). The number of alkyl halides is 1. The van der Waals surface area contributed by atoms with Crippen LogP contribution in [-0.4, -0.2) is 17.5 Å². The number of rotatable bonds is 5. The number of hydrogen-bond acceptors (Lipinski definition) is 1. The fraction of sp³-hybridized carbons (Fsp3) is 0.846. The summed E-state index contributed by atoms with van der Waals surface area (Å²) in [6.07, 6.45) is 6.41. The Morgan fingerprint density at radius 3 is 2.80 bits per heavy atom. The van der Waals surface area contributed by atoms with E-state index in [4.69, 9.17) is 4.74 Å². The van der Waals surface area contributed by atoms with E-state index in [2.05, 4.69) is 36.4 Å². The average molecular weight is 275 g/mol. The lowest BCUT2D eigenvalue weighted by atomic mass is 9.82. The van der Waals surface area contributed by atoms with E-state index in [1.54, 1.807) is 0 Å². The normalized spacial score (nSPS) is 31.5. The molecule has 3 atom stereocenters. The second-order valence-electron chi connectivity index (χ2n) is 4.74. The van der Waals surface area contributed by atoms with Gasteiger partial charge < -0.3 is 4.74 Å². The van der Waals surface area contributed by atoms with Gasteiger partial charge in [-0.2, -0.15) is 0 Å². The topological polar surface area (TPSA) is 9.23 Å². The second-order valence-corrected chi connectivity index (χ2v) is 6.04. The third-order valence-corrected chi connectivity index (χ3v) is 3.84. The Bertz CT molecular complexity index is 203. The van der Waals surface area contributed by atoms with Crippen molar-refractivity contribution in [3.05, 3.63) is 12.2 Å². The van der Waals surface area contributed by atoms with Gasteiger partial charge >= 0.3 is 0 Å². The van der Waals surface area contributed by atoms with Crippen molar-refractivity contribution in [1.29, 1.82) is 0 Å². The highest BCUT2D eigenvalue weighted by molar-refractivity contribution is 9.09. The summed E-state index contributed by atoms with van der Waals surface area (Å²) in [6, 6.07) is 0.